The smallest absolute Gasteiger partial charge is 0.379 e. The summed E-state index contributed by atoms with van der Waals surface area (Å²) in [4.78, 5) is 1.43. The molecule has 0 saturated carbocycles. The van der Waals surface area contributed by atoms with Crippen LogP contribution in [0.2, 0.25) is 0 Å². The Morgan fingerprint density at radius 2 is 1.74 bits per heavy atom. The molecule has 1 unspecified atom stereocenters. The van der Waals surface area contributed by atoms with Crippen LogP contribution in [0.25, 0.3) is 0 Å². The van der Waals surface area contributed by atoms with Crippen LogP contribution >= 0.6 is 0 Å². The van der Waals surface area contributed by atoms with Gasteiger partial charge in [-0.2, -0.15) is 13.2 Å². The molecule has 0 amide bonds. The van der Waals surface area contributed by atoms with Gasteiger partial charge >= 0.3 is 6.18 Å². The van der Waals surface area contributed by atoms with E-state index in [-0.39, 0.29) is 18.5 Å². The first-order chi connectivity index (χ1) is 12.7. The predicted molar refractivity (Wildman–Crippen MR) is 96.9 cm³/mol. The molecule has 0 aromatic heterocycles. The second kappa shape index (κ2) is 9.36. The van der Waals surface area contributed by atoms with Gasteiger partial charge < -0.3 is 4.74 Å². The van der Waals surface area contributed by atoms with Gasteiger partial charge in [0.05, 0.1) is 23.7 Å². The van der Waals surface area contributed by atoms with Gasteiger partial charge in [0, 0.05) is 25.7 Å². The maximum absolute atomic E-state index is 13.2. The summed E-state index contributed by atoms with van der Waals surface area (Å²) in [5, 5.41) is 0. The fourth-order valence-electron chi connectivity index (χ4n) is 3.54. The summed E-state index contributed by atoms with van der Waals surface area (Å²) in [5.74, 6) is 0.239. The Balaban J connectivity index is 2.23. The highest BCUT2D eigenvalue weighted by Gasteiger charge is 2.37. The van der Waals surface area contributed by atoms with Gasteiger partial charge in [-0.1, -0.05) is 38.8 Å². The number of sulfonamides is 1. The van der Waals surface area contributed by atoms with Gasteiger partial charge in [0.1, 0.15) is 0 Å². The third kappa shape index (κ3) is 5.66. The molecular formula is C18H27F3N2O3S. The van der Waals surface area contributed by atoms with E-state index in [1.54, 1.807) is 0 Å². The molecule has 0 aliphatic carbocycles. The fourth-order valence-corrected chi connectivity index (χ4v) is 4.82. The van der Waals surface area contributed by atoms with Crippen molar-refractivity contribution in [2.45, 2.75) is 43.8 Å². The predicted octanol–water partition coefficient (Wildman–Crippen LogP) is 3.12. The van der Waals surface area contributed by atoms with Crippen molar-refractivity contribution >= 4 is 10.0 Å². The Bertz CT molecular complexity index is 700. The Labute approximate surface area is 158 Å². The third-order valence-electron chi connectivity index (χ3n) is 5.07. The van der Waals surface area contributed by atoms with Crippen molar-refractivity contribution in [1.82, 2.24) is 9.62 Å². The minimum absolute atomic E-state index is 0.0703. The summed E-state index contributed by atoms with van der Waals surface area (Å²) in [7, 11) is -4.29. The lowest BCUT2D eigenvalue weighted by molar-refractivity contribution is -0.139. The zero-order chi connectivity index (χ0) is 20.1. The minimum atomic E-state index is -4.73. The summed E-state index contributed by atoms with van der Waals surface area (Å²) in [6, 6.07) is 4.17. The van der Waals surface area contributed by atoms with Crippen LogP contribution in [0.1, 0.15) is 32.3 Å². The number of ether oxygens (including phenoxy) is 1. The van der Waals surface area contributed by atoms with Crippen molar-refractivity contribution in [1.29, 1.82) is 0 Å². The average molecular weight is 408 g/mol. The molecule has 2 rings (SSSR count). The Morgan fingerprint density at radius 1 is 1.15 bits per heavy atom. The first kappa shape index (κ1) is 22.1. The second-order valence-electron chi connectivity index (χ2n) is 6.64. The van der Waals surface area contributed by atoms with Crippen LogP contribution in [0.15, 0.2) is 29.2 Å². The molecule has 5 nitrogen and oxygen atoms in total. The molecule has 1 saturated heterocycles. The van der Waals surface area contributed by atoms with Crippen LogP contribution in [-0.4, -0.2) is 52.2 Å². The van der Waals surface area contributed by atoms with Gasteiger partial charge in [-0.05, 0) is 18.1 Å². The van der Waals surface area contributed by atoms with E-state index in [9.17, 15) is 21.6 Å². The number of benzene rings is 1. The van der Waals surface area contributed by atoms with E-state index < -0.39 is 26.7 Å². The van der Waals surface area contributed by atoms with E-state index in [1.165, 1.54) is 12.1 Å². The highest BCUT2D eigenvalue weighted by atomic mass is 32.2. The molecule has 0 radical (unpaired) electrons. The van der Waals surface area contributed by atoms with Crippen molar-refractivity contribution in [3.8, 4) is 0 Å². The molecule has 1 aromatic rings. The zero-order valence-electron chi connectivity index (χ0n) is 15.6. The summed E-state index contributed by atoms with van der Waals surface area (Å²) >= 11 is 0. The topological polar surface area (TPSA) is 58.6 Å². The van der Waals surface area contributed by atoms with Crippen LogP contribution < -0.4 is 4.72 Å². The quantitative estimate of drug-likeness (QED) is 0.718. The molecular weight excluding hydrogens is 381 g/mol. The number of nitrogens with one attached hydrogen (secondary N) is 1. The lowest BCUT2D eigenvalue weighted by Gasteiger charge is -2.38. The molecule has 1 fully saturated rings. The van der Waals surface area contributed by atoms with Crippen LogP contribution in [0.5, 0.6) is 0 Å². The average Bonchev–Trinajstić information content (AvgIpc) is 2.65. The van der Waals surface area contributed by atoms with E-state index in [2.05, 4.69) is 9.62 Å². The van der Waals surface area contributed by atoms with Gasteiger partial charge in [0.25, 0.3) is 0 Å². The van der Waals surface area contributed by atoms with E-state index in [0.29, 0.717) is 26.3 Å². The number of hydrogen-bond donors (Lipinski definition) is 1. The normalized spacial score (nSPS) is 18.0. The highest BCUT2D eigenvalue weighted by molar-refractivity contribution is 7.89. The van der Waals surface area contributed by atoms with E-state index in [1.807, 2.05) is 13.8 Å². The largest absolute Gasteiger partial charge is 0.417 e. The molecule has 1 aliphatic heterocycles. The highest BCUT2D eigenvalue weighted by Crippen LogP contribution is 2.34. The maximum Gasteiger partial charge on any atom is 0.417 e. The first-order valence-electron chi connectivity index (χ1n) is 9.18. The van der Waals surface area contributed by atoms with Gasteiger partial charge in [-0.3, -0.25) is 4.90 Å². The zero-order valence-corrected chi connectivity index (χ0v) is 16.4. The Morgan fingerprint density at radius 3 is 2.30 bits per heavy atom. The van der Waals surface area contributed by atoms with Crippen molar-refractivity contribution in [2.24, 2.45) is 5.92 Å². The molecule has 27 heavy (non-hydrogen) atoms. The molecule has 0 bridgehead atoms. The molecule has 1 N–H and O–H groups in total. The number of halogens is 3. The van der Waals surface area contributed by atoms with Crippen molar-refractivity contribution < 1.29 is 26.3 Å². The fraction of sp³-hybridized carbons (Fsp3) is 0.667. The molecule has 0 spiro atoms. The summed E-state index contributed by atoms with van der Waals surface area (Å²) in [6.45, 7) is 6.65. The number of morpholine rings is 1. The van der Waals surface area contributed by atoms with Crippen LogP contribution in [0, 0.1) is 5.92 Å². The van der Waals surface area contributed by atoms with Gasteiger partial charge in [0.15, 0.2) is 0 Å². The SMILES string of the molecule is CCC(CC)C(CNS(=O)(=O)c1ccccc1C(F)(F)F)N1CCOCC1. The Kier molecular flexibility index (Phi) is 7.67. The van der Waals surface area contributed by atoms with Crippen molar-refractivity contribution in [3.63, 3.8) is 0 Å². The first-order valence-corrected chi connectivity index (χ1v) is 10.7. The molecule has 1 atom stereocenters. The van der Waals surface area contributed by atoms with Gasteiger partial charge in [-0.15, -0.1) is 0 Å². The minimum Gasteiger partial charge on any atom is -0.379 e. The number of nitrogens with zero attached hydrogens (tertiary/aromatic N) is 1. The molecule has 1 aromatic carbocycles. The lowest BCUT2D eigenvalue weighted by Crippen LogP contribution is -2.52. The van der Waals surface area contributed by atoms with Crippen LogP contribution in [-0.2, 0) is 20.9 Å². The molecule has 154 valence electrons. The summed E-state index contributed by atoms with van der Waals surface area (Å²) in [5.41, 5.74) is -1.15. The van der Waals surface area contributed by atoms with E-state index in [4.69, 9.17) is 4.74 Å². The standard InChI is InChI=1S/C18H27F3N2O3S/c1-3-14(4-2)16(23-9-11-26-12-10-23)13-22-27(24,25)17-8-6-5-7-15(17)18(19,20)21/h5-8,14,16,22H,3-4,9-13H2,1-2H3. The number of rotatable bonds is 8. The summed E-state index contributed by atoms with van der Waals surface area (Å²) in [6.07, 6.45) is -3.01. The van der Waals surface area contributed by atoms with Crippen molar-refractivity contribution in [3.05, 3.63) is 29.8 Å². The Hall–Kier alpha value is -1.16. The molecule has 9 heteroatoms. The monoisotopic (exact) mass is 408 g/mol. The van der Waals surface area contributed by atoms with E-state index in [0.717, 1.165) is 25.0 Å². The number of hydrogen-bond acceptors (Lipinski definition) is 4. The van der Waals surface area contributed by atoms with Gasteiger partial charge in [-0.25, -0.2) is 13.1 Å². The third-order valence-corrected chi connectivity index (χ3v) is 6.55. The van der Waals surface area contributed by atoms with Gasteiger partial charge in [0.2, 0.25) is 10.0 Å². The lowest BCUT2D eigenvalue weighted by atomic mass is 9.92. The van der Waals surface area contributed by atoms with Crippen LogP contribution in [0.3, 0.4) is 0 Å². The molecule has 1 heterocycles. The maximum atomic E-state index is 13.2. The summed E-state index contributed by atoms with van der Waals surface area (Å²) < 4.78 is 72.6. The second-order valence-corrected chi connectivity index (χ2v) is 8.37. The van der Waals surface area contributed by atoms with Crippen molar-refractivity contribution in [2.75, 3.05) is 32.8 Å². The number of alkyl halides is 3. The van der Waals surface area contributed by atoms with Crippen LogP contribution in [0.4, 0.5) is 13.2 Å². The van der Waals surface area contributed by atoms with E-state index >= 15 is 0 Å². The molecule has 1 aliphatic rings.